The van der Waals surface area contributed by atoms with Crippen LogP contribution in [0, 0.1) is 6.92 Å². The number of hydrogen-bond acceptors (Lipinski definition) is 4. The molecule has 2 aromatic rings. The first kappa shape index (κ1) is 14.0. The number of aryl methyl sites for hydroxylation is 1. The van der Waals surface area contributed by atoms with Crippen molar-refractivity contribution in [1.29, 1.82) is 0 Å². The summed E-state index contributed by atoms with van der Waals surface area (Å²) in [5.41, 5.74) is 0.545. The van der Waals surface area contributed by atoms with Crippen LogP contribution in [0.15, 0.2) is 18.3 Å². The largest absolute Gasteiger partial charge is 0.478 e. The van der Waals surface area contributed by atoms with Crippen LogP contribution in [0.25, 0.3) is 10.9 Å². The second kappa shape index (κ2) is 4.63. The summed E-state index contributed by atoms with van der Waals surface area (Å²) in [6, 6.07) is 3.31. The van der Waals surface area contributed by atoms with Crippen LogP contribution in [0.1, 0.15) is 36.7 Å². The Hall–Kier alpha value is -2.37. The van der Waals surface area contributed by atoms with Gasteiger partial charge in [0.25, 0.3) is 0 Å². The number of benzene rings is 1. The molecule has 106 valence electrons. The van der Waals surface area contributed by atoms with Crippen LogP contribution in [-0.2, 0) is 4.74 Å². The molecule has 0 fully saturated rings. The van der Waals surface area contributed by atoms with E-state index in [1.807, 2.05) is 0 Å². The maximum atomic E-state index is 12.0. The first-order chi connectivity index (χ1) is 9.20. The molecule has 6 nitrogen and oxygen atoms in total. The van der Waals surface area contributed by atoms with Crippen LogP contribution < -0.4 is 0 Å². The Kier molecular flexibility index (Phi) is 3.25. The minimum atomic E-state index is -1.04. The zero-order valence-corrected chi connectivity index (χ0v) is 11.8. The number of aromatic nitrogens is 2. The van der Waals surface area contributed by atoms with Gasteiger partial charge < -0.3 is 9.84 Å². The Labute approximate surface area is 116 Å². The van der Waals surface area contributed by atoms with Gasteiger partial charge in [-0.3, -0.25) is 0 Å². The van der Waals surface area contributed by atoms with Crippen molar-refractivity contribution in [3.05, 3.63) is 29.5 Å². The van der Waals surface area contributed by atoms with Crippen molar-refractivity contribution >= 4 is 23.0 Å². The van der Waals surface area contributed by atoms with Crippen LogP contribution in [0.3, 0.4) is 0 Å². The van der Waals surface area contributed by atoms with Gasteiger partial charge in [0.1, 0.15) is 5.60 Å². The second-order valence-electron chi connectivity index (χ2n) is 5.53. The van der Waals surface area contributed by atoms with Crippen molar-refractivity contribution in [3.63, 3.8) is 0 Å². The molecule has 1 aromatic heterocycles. The van der Waals surface area contributed by atoms with Crippen molar-refractivity contribution in [2.75, 3.05) is 0 Å². The Morgan fingerprint density at radius 3 is 2.50 bits per heavy atom. The molecule has 0 saturated carbocycles. The normalized spacial score (nSPS) is 11.6. The number of ether oxygens (including phenoxy) is 1. The number of nitrogens with zero attached hydrogens (tertiary/aromatic N) is 2. The van der Waals surface area contributed by atoms with E-state index in [2.05, 4.69) is 5.10 Å². The molecule has 1 heterocycles. The Balaban J connectivity index is 2.56. The van der Waals surface area contributed by atoms with E-state index in [9.17, 15) is 14.7 Å². The van der Waals surface area contributed by atoms with Gasteiger partial charge in [-0.25, -0.2) is 9.59 Å². The van der Waals surface area contributed by atoms with E-state index in [0.717, 1.165) is 4.68 Å². The molecule has 0 atom stereocenters. The van der Waals surface area contributed by atoms with E-state index in [0.29, 0.717) is 16.5 Å². The Bertz CT molecular complexity index is 695. The fourth-order valence-electron chi connectivity index (χ4n) is 1.95. The summed E-state index contributed by atoms with van der Waals surface area (Å²) in [6.07, 6.45) is 0.739. The van der Waals surface area contributed by atoms with E-state index >= 15 is 0 Å². The number of carbonyl (C=O) groups excluding carboxylic acids is 1. The molecule has 20 heavy (non-hydrogen) atoms. The molecule has 6 heteroatoms. The number of hydrogen-bond donors (Lipinski definition) is 1. The molecular formula is C14H16N2O4. The third-order valence-corrected chi connectivity index (χ3v) is 2.74. The molecule has 0 spiro atoms. The lowest BCUT2D eigenvalue weighted by Crippen LogP contribution is -2.27. The van der Waals surface area contributed by atoms with Crippen LogP contribution >= 0.6 is 0 Å². The van der Waals surface area contributed by atoms with Gasteiger partial charge in [0, 0.05) is 5.39 Å². The molecule has 0 aliphatic heterocycles. The summed E-state index contributed by atoms with van der Waals surface area (Å²) < 4.78 is 6.31. The molecule has 1 N–H and O–H groups in total. The quantitative estimate of drug-likeness (QED) is 0.866. The van der Waals surface area contributed by atoms with Crippen LogP contribution in [0.4, 0.5) is 4.79 Å². The van der Waals surface area contributed by atoms with Gasteiger partial charge in [0.15, 0.2) is 0 Å². The van der Waals surface area contributed by atoms with Gasteiger partial charge in [-0.15, -0.1) is 0 Å². The predicted molar refractivity (Wildman–Crippen MR) is 73.1 cm³/mol. The topological polar surface area (TPSA) is 81.4 Å². The molecule has 2 rings (SSSR count). The highest BCUT2D eigenvalue weighted by molar-refractivity contribution is 6.05. The van der Waals surface area contributed by atoms with Gasteiger partial charge in [0.2, 0.25) is 0 Å². The third-order valence-electron chi connectivity index (χ3n) is 2.74. The molecular weight excluding hydrogens is 260 g/mol. The summed E-state index contributed by atoms with van der Waals surface area (Å²) in [6.45, 7) is 6.96. The number of fused-ring (bicyclic) bond motifs is 1. The van der Waals surface area contributed by atoms with Gasteiger partial charge >= 0.3 is 12.1 Å². The smallest absolute Gasteiger partial charge is 0.435 e. The van der Waals surface area contributed by atoms with Crippen LogP contribution in [0.2, 0.25) is 0 Å². The average Bonchev–Trinajstić information content (AvgIpc) is 2.69. The van der Waals surface area contributed by atoms with Crippen molar-refractivity contribution in [2.24, 2.45) is 0 Å². The number of aromatic carboxylic acids is 1. The number of carbonyl (C=O) groups is 2. The maximum Gasteiger partial charge on any atom is 0.435 e. The lowest BCUT2D eigenvalue weighted by Gasteiger charge is -2.19. The van der Waals surface area contributed by atoms with Crippen molar-refractivity contribution in [2.45, 2.75) is 33.3 Å². The average molecular weight is 276 g/mol. The number of carboxylic acids is 1. The summed E-state index contributed by atoms with van der Waals surface area (Å²) in [7, 11) is 0. The van der Waals surface area contributed by atoms with E-state index in [-0.39, 0.29) is 5.56 Å². The predicted octanol–water partition coefficient (Wildman–Crippen LogP) is 2.83. The fraction of sp³-hybridized carbons (Fsp3) is 0.357. The van der Waals surface area contributed by atoms with Gasteiger partial charge in [-0.1, -0.05) is 6.07 Å². The Morgan fingerprint density at radius 1 is 1.30 bits per heavy atom. The van der Waals surface area contributed by atoms with Gasteiger partial charge in [0.05, 0.1) is 17.3 Å². The van der Waals surface area contributed by atoms with Crippen molar-refractivity contribution in [3.8, 4) is 0 Å². The summed E-state index contributed by atoms with van der Waals surface area (Å²) in [4.78, 5) is 23.3. The molecule has 0 bridgehead atoms. The highest BCUT2D eigenvalue weighted by Crippen LogP contribution is 2.23. The highest BCUT2D eigenvalue weighted by Gasteiger charge is 2.22. The minimum Gasteiger partial charge on any atom is -0.478 e. The van der Waals surface area contributed by atoms with E-state index in [4.69, 9.17) is 4.74 Å². The fourth-order valence-corrected chi connectivity index (χ4v) is 1.95. The van der Waals surface area contributed by atoms with Gasteiger partial charge in [-0.05, 0) is 39.3 Å². The zero-order valence-electron chi connectivity index (χ0n) is 11.8. The number of carboxylic acid groups (broad SMARTS) is 1. The molecule has 0 amide bonds. The van der Waals surface area contributed by atoms with Crippen LogP contribution in [-0.4, -0.2) is 32.6 Å². The molecule has 1 aromatic carbocycles. The van der Waals surface area contributed by atoms with E-state index < -0.39 is 17.7 Å². The number of rotatable bonds is 1. The van der Waals surface area contributed by atoms with E-state index in [1.54, 1.807) is 39.8 Å². The summed E-state index contributed by atoms with van der Waals surface area (Å²) in [5.74, 6) is -1.04. The summed E-state index contributed by atoms with van der Waals surface area (Å²) in [5, 5.41) is 13.6. The standard InChI is InChI=1S/C14H16N2O4/c1-8-5-6-10-9(11(8)12(17)18)7-15-16(10)13(19)20-14(2,3)4/h5-7H,1-4H3,(H,17,18). The molecule has 0 saturated heterocycles. The highest BCUT2D eigenvalue weighted by atomic mass is 16.6. The van der Waals surface area contributed by atoms with Crippen LogP contribution in [0.5, 0.6) is 0 Å². The lowest BCUT2D eigenvalue weighted by atomic mass is 10.0. The zero-order chi connectivity index (χ0) is 15.1. The maximum absolute atomic E-state index is 12.0. The molecule has 0 unspecified atom stereocenters. The van der Waals surface area contributed by atoms with E-state index in [1.165, 1.54) is 6.20 Å². The molecule has 0 radical (unpaired) electrons. The molecule has 0 aliphatic carbocycles. The first-order valence-electron chi connectivity index (χ1n) is 6.14. The van der Waals surface area contributed by atoms with Crippen molar-refractivity contribution in [1.82, 2.24) is 9.78 Å². The monoisotopic (exact) mass is 276 g/mol. The molecule has 0 aliphatic rings. The third kappa shape index (κ3) is 2.49. The first-order valence-corrected chi connectivity index (χ1v) is 6.14. The summed E-state index contributed by atoms with van der Waals surface area (Å²) >= 11 is 0. The second-order valence-corrected chi connectivity index (χ2v) is 5.53. The SMILES string of the molecule is Cc1ccc2c(cnn2C(=O)OC(C)(C)C)c1C(=O)O. The van der Waals surface area contributed by atoms with Crippen molar-refractivity contribution < 1.29 is 19.4 Å². The Morgan fingerprint density at radius 2 is 1.95 bits per heavy atom. The lowest BCUT2D eigenvalue weighted by molar-refractivity contribution is 0.0522. The minimum absolute atomic E-state index is 0.150. The van der Waals surface area contributed by atoms with Gasteiger partial charge in [-0.2, -0.15) is 9.78 Å².